The van der Waals surface area contributed by atoms with Crippen molar-refractivity contribution in [2.45, 2.75) is 39.0 Å². The number of halogens is 2. The van der Waals surface area contributed by atoms with E-state index < -0.39 is 23.9 Å². The smallest absolute Gasteiger partial charge is 0.412 e. The van der Waals surface area contributed by atoms with Crippen molar-refractivity contribution >= 4 is 45.4 Å². The number of nitrogens with one attached hydrogen (secondary N) is 2. The number of nitrogens with zero attached hydrogens (tertiary/aromatic N) is 1. The van der Waals surface area contributed by atoms with Crippen molar-refractivity contribution < 1.29 is 28.3 Å². The minimum absolute atomic E-state index is 0.0171. The fraction of sp³-hybridized carbons (Fsp3) is 0.273. The first-order chi connectivity index (χ1) is 15.2. The number of ether oxygens (including phenoxy) is 1. The largest absolute Gasteiger partial charge is 0.444 e. The first-order valence-electron chi connectivity index (χ1n) is 9.89. The number of aryl methyl sites for hydroxylation is 1. The predicted octanol–water partition coefficient (Wildman–Crippen LogP) is 3.41. The van der Waals surface area contributed by atoms with E-state index in [-0.39, 0.29) is 43.5 Å². The Kier molecular flexibility index (Phi) is 5.96. The van der Waals surface area contributed by atoms with E-state index in [1.807, 2.05) is 0 Å². The molecule has 2 aromatic carbocycles. The summed E-state index contributed by atoms with van der Waals surface area (Å²) in [4.78, 5) is 49.9. The summed E-state index contributed by atoms with van der Waals surface area (Å²) in [6, 6.07) is 7.12. The Morgan fingerprint density at radius 2 is 2.06 bits per heavy atom. The van der Waals surface area contributed by atoms with E-state index >= 15 is 0 Å². The summed E-state index contributed by atoms with van der Waals surface area (Å²) in [5.74, 6) is -1.71. The van der Waals surface area contributed by atoms with Gasteiger partial charge in [0.15, 0.2) is 0 Å². The Morgan fingerprint density at radius 3 is 2.81 bits per heavy atom. The summed E-state index contributed by atoms with van der Waals surface area (Å²) >= 11 is 3.28. The molecular formula is C22H19BrFN3O5. The van der Waals surface area contributed by atoms with Crippen LogP contribution >= 0.6 is 15.9 Å². The molecular weight excluding hydrogens is 485 g/mol. The number of benzene rings is 2. The molecule has 166 valence electrons. The third-order valence-electron chi connectivity index (χ3n) is 5.45. The molecule has 1 fully saturated rings. The molecule has 0 aromatic heterocycles. The number of carbonyl (C=O) groups is 4. The third kappa shape index (κ3) is 4.36. The van der Waals surface area contributed by atoms with E-state index in [1.54, 1.807) is 25.1 Å². The number of piperidine rings is 1. The molecule has 0 radical (unpaired) electrons. The van der Waals surface area contributed by atoms with Crippen LogP contribution in [-0.4, -0.2) is 34.8 Å². The molecule has 0 saturated carbocycles. The molecule has 2 aromatic rings. The van der Waals surface area contributed by atoms with Crippen LogP contribution in [0, 0.1) is 12.7 Å². The first-order valence-corrected chi connectivity index (χ1v) is 10.7. The number of fused-ring (bicyclic) bond motifs is 1. The second kappa shape index (κ2) is 8.70. The number of amides is 4. The molecule has 32 heavy (non-hydrogen) atoms. The Hall–Kier alpha value is -3.27. The number of rotatable bonds is 4. The van der Waals surface area contributed by atoms with Crippen molar-refractivity contribution in [2.24, 2.45) is 0 Å². The second-order valence-electron chi connectivity index (χ2n) is 7.67. The lowest BCUT2D eigenvalue weighted by atomic mass is 10.0. The number of hydrogen-bond donors (Lipinski definition) is 2. The zero-order chi connectivity index (χ0) is 23.0. The number of hydrogen-bond acceptors (Lipinski definition) is 5. The molecule has 8 nitrogen and oxygen atoms in total. The van der Waals surface area contributed by atoms with E-state index in [4.69, 9.17) is 4.74 Å². The van der Waals surface area contributed by atoms with Gasteiger partial charge in [0, 0.05) is 23.0 Å². The van der Waals surface area contributed by atoms with Gasteiger partial charge in [0.25, 0.3) is 5.91 Å². The molecule has 0 bridgehead atoms. The van der Waals surface area contributed by atoms with Gasteiger partial charge in [0.1, 0.15) is 18.5 Å². The van der Waals surface area contributed by atoms with Crippen molar-refractivity contribution in [2.75, 3.05) is 5.32 Å². The van der Waals surface area contributed by atoms with Gasteiger partial charge in [0.05, 0.1) is 5.69 Å². The fourth-order valence-electron chi connectivity index (χ4n) is 3.73. The predicted molar refractivity (Wildman–Crippen MR) is 115 cm³/mol. The molecule has 0 aliphatic carbocycles. The Bertz CT molecular complexity index is 1150. The molecule has 4 rings (SSSR count). The van der Waals surface area contributed by atoms with Gasteiger partial charge in [-0.1, -0.05) is 28.1 Å². The molecule has 1 atom stereocenters. The fourth-order valence-corrected chi connectivity index (χ4v) is 4.07. The Labute approximate surface area is 191 Å². The minimum atomic E-state index is -0.836. The van der Waals surface area contributed by atoms with Crippen LogP contribution in [0.3, 0.4) is 0 Å². The SMILES string of the molecule is Cc1cc(F)c(NC(=O)OCc2ccc3c(c2)C(=O)N(C2CCC(=O)NC2=O)C3)cc1Br. The molecule has 2 aliphatic heterocycles. The summed E-state index contributed by atoms with van der Waals surface area (Å²) < 4.78 is 19.8. The van der Waals surface area contributed by atoms with Gasteiger partial charge >= 0.3 is 6.09 Å². The lowest BCUT2D eigenvalue weighted by Crippen LogP contribution is -2.52. The van der Waals surface area contributed by atoms with E-state index in [0.717, 1.165) is 5.56 Å². The molecule has 1 saturated heterocycles. The van der Waals surface area contributed by atoms with Gasteiger partial charge in [-0.3, -0.25) is 25.0 Å². The zero-order valence-electron chi connectivity index (χ0n) is 17.0. The van der Waals surface area contributed by atoms with Crippen LogP contribution in [-0.2, 0) is 27.5 Å². The highest BCUT2D eigenvalue weighted by atomic mass is 79.9. The molecule has 2 aliphatic rings. The Morgan fingerprint density at radius 1 is 1.28 bits per heavy atom. The first kappa shape index (κ1) is 21.9. The van der Waals surface area contributed by atoms with Crippen LogP contribution in [0.25, 0.3) is 0 Å². The highest BCUT2D eigenvalue weighted by molar-refractivity contribution is 9.10. The van der Waals surface area contributed by atoms with Crippen molar-refractivity contribution in [3.8, 4) is 0 Å². The number of anilines is 1. The average molecular weight is 504 g/mol. The van der Waals surface area contributed by atoms with E-state index in [9.17, 15) is 23.6 Å². The van der Waals surface area contributed by atoms with Crippen molar-refractivity contribution in [3.63, 3.8) is 0 Å². The zero-order valence-corrected chi connectivity index (χ0v) is 18.6. The summed E-state index contributed by atoms with van der Waals surface area (Å²) in [5.41, 5.74) is 2.42. The van der Waals surface area contributed by atoms with Gasteiger partial charge < -0.3 is 9.64 Å². The molecule has 2 heterocycles. The van der Waals surface area contributed by atoms with Gasteiger partial charge in [-0.15, -0.1) is 0 Å². The van der Waals surface area contributed by atoms with Crippen molar-refractivity contribution in [1.29, 1.82) is 0 Å². The quantitative estimate of drug-likeness (QED) is 0.622. The monoisotopic (exact) mass is 503 g/mol. The van der Waals surface area contributed by atoms with Crippen LogP contribution in [0.15, 0.2) is 34.8 Å². The van der Waals surface area contributed by atoms with E-state index in [1.165, 1.54) is 17.0 Å². The van der Waals surface area contributed by atoms with Crippen LogP contribution in [0.1, 0.15) is 39.9 Å². The van der Waals surface area contributed by atoms with E-state index in [2.05, 4.69) is 26.6 Å². The van der Waals surface area contributed by atoms with Crippen molar-refractivity contribution in [1.82, 2.24) is 10.2 Å². The van der Waals surface area contributed by atoms with Crippen molar-refractivity contribution in [3.05, 3.63) is 62.9 Å². The summed E-state index contributed by atoms with van der Waals surface area (Å²) in [7, 11) is 0. The van der Waals surface area contributed by atoms with Crippen LogP contribution in [0.2, 0.25) is 0 Å². The molecule has 10 heteroatoms. The lowest BCUT2D eigenvalue weighted by Gasteiger charge is -2.29. The van der Waals surface area contributed by atoms with E-state index in [0.29, 0.717) is 21.2 Å². The van der Waals surface area contributed by atoms with Gasteiger partial charge in [-0.05, 0) is 48.2 Å². The topological polar surface area (TPSA) is 105 Å². The van der Waals surface area contributed by atoms with Gasteiger partial charge in [-0.2, -0.15) is 0 Å². The summed E-state index contributed by atoms with van der Waals surface area (Å²) in [6.45, 7) is 1.87. The van der Waals surface area contributed by atoms with Gasteiger partial charge in [0.2, 0.25) is 11.8 Å². The molecule has 4 amide bonds. The minimum Gasteiger partial charge on any atom is -0.444 e. The lowest BCUT2D eigenvalue weighted by molar-refractivity contribution is -0.136. The maximum atomic E-state index is 14.0. The highest BCUT2D eigenvalue weighted by Crippen LogP contribution is 2.29. The Balaban J connectivity index is 1.40. The van der Waals surface area contributed by atoms with Crippen LogP contribution in [0.5, 0.6) is 0 Å². The van der Waals surface area contributed by atoms with Gasteiger partial charge in [-0.25, -0.2) is 9.18 Å². The average Bonchev–Trinajstić information content (AvgIpc) is 3.06. The van der Waals surface area contributed by atoms with Crippen LogP contribution in [0.4, 0.5) is 14.9 Å². The number of imide groups is 1. The summed E-state index contributed by atoms with van der Waals surface area (Å²) in [5, 5.41) is 4.62. The highest BCUT2D eigenvalue weighted by Gasteiger charge is 2.39. The maximum absolute atomic E-state index is 14.0. The summed E-state index contributed by atoms with van der Waals surface area (Å²) in [6.07, 6.45) is -0.369. The normalized spacial score (nSPS) is 17.8. The molecule has 0 spiro atoms. The molecule has 2 N–H and O–H groups in total. The third-order valence-corrected chi connectivity index (χ3v) is 6.30. The standard InChI is InChI=1S/C22H19BrFN3O5/c1-11-6-16(24)17(8-15(11)23)25-22(31)32-10-12-2-3-13-9-27(21(30)14(13)7-12)18-4-5-19(28)26-20(18)29/h2-3,6-8,18H,4-5,9-10H2,1H3,(H,25,31)(H,26,28,29). The second-order valence-corrected chi connectivity index (χ2v) is 8.53. The van der Waals surface area contributed by atoms with Crippen LogP contribution < -0.4 is 10.6 Å². The molecule has 1 unspecified atom stereocenters. The number of carbonyl (C=O) groups excluding carboxylic acids is 4. The maximum Gasteiger partial charge on any atom is 0.412 e.